The van der Waals surface area contributed by atoms with Crippen LogP contribution < -0.4 is 40.0 Å². The number of carbonyl (C=O) groups excluding carboxylic acids is 4. The van der Waals surface area contributed by atoms with E-state index in [9.17, 15) is 24.3 Å². The number of anilines is 1. The summed E-state index contributed by atoms with van der Waals surface area (Å²) in [6, 6.07) is 5.83. The van der Waals surface area contributed by atoms with Crippen LogP contribution in [0.1, 0.15) is 6.92 Å². The molecule has 3 fully saturated rings. The van der Waals surface area contributed by atoms with Gasteiger partial charge in [0.05, 0.1) is 16.8 Å². The Morgan fingerprint density at radius 1 is 1.29 bits per heavy atom. The van der Waals surface area contributed by atoms with Gasteiger partial charge in [0, 0.05) is 5.69 Å². The zero-order valence-electron chi connectivity index (χ0n) is 15.3. The van der Waals surface area contributed by atoms with Crippen LogP contribution in [0.15, 0.2) is 30.3 Å². The van der Waals surface area contributed by atoms with E-state index >= 15 is 0 Å². The molecule has 1 N–H and O–H groups in total. The van der Waals surface area contributed by atoms with E-state index in [4.69, 9.17) is 4.74 Å². The van der Waals surface area contributed by atoms with E-state index in [1.54, 1.807) is 37.3 Å². The molecule has 0 saturated carbocycles. The van der Waals surface area contributed by atoms with Crippen molar-refractivity contribution in [1.82, 2.24) is 9.80 Å². The molecule has 2 bridgehead atoms. The monoisotopic (exact) mass is 413 g/mol. The van der Waals surface area contributed by atoms with E-state index in [-0.39, 0.29) is 36.2 Å². The average Bonchev–Trinajstić information content (AvgIpc) is 2.92. The maximum atomic E-state index is 12.7. The fourth-order valence-corrected chi connectivity index (χ4v) is 5.43. The molecule has 4 atom stereocenters. The van der Waals surface area contributed by atoms with Gasteiger partial charge in [0.2, 0.25) is 5.91 Å². The van der Waals surface area contributed by atoms with Gasteiger partial charge in [-0.25, -0.2) is 4.79 Å². The molecular weight excluding hydrogens is 397 g/mol. The zero-order valence-corrected chi connectivity index (χ0v) is 18.1. The molecule has 3 heterocycles. The predicted octanol–water partition coefficient (Wildman–Crippen LogP) is -3.76. The Kier molecular flexibility index (Phi) is 5.68. The van der Waals surface area contributed by atoms with Crippen molar-refractivity contribution in [3.63, 3.8) is 0 Å². The number of carboxylic acid groups (broad SMARTS) is 1. The van der Waals surface area contributed by atoms with Crippen molar-refractivity contribution < 1.29 is 58.6 Å². The van der Waals surface area contributed by atoms with Gasteiger partial charge in [-0.05, 0) is 19.1 Å². The van der Waals surface area contributed by atoms with E-state index in [2.05, 4.69) is 5.32 Å². The molecule has 1 aromatic rings. The molecule has 3 aliphatic heterocycles. The molecule has 4 rings (SSSR count). The number of benzene rings is 1. The molecular formula is C17H16N3NaO6S. The molecule has 0 aromatic heterocycles. The smallest absolute Gasteiger partial charge is 0.548 e. The molecule has 9 nitrogen and oxygen atoms in total. The number of amides is 3. The molecule has 0 radical (unpaired) electrons. The molecule has 1 unspecified atom stereocenters. The van der Waals surface area contributed by atoms with Gasteiger partial charge < -0.3 is 24.9 Å². The van der Waals surface area contributed by atoms with E-state index < -0.39 is 52.6 Å². The first-order valence-electron chi connectivity index (χ1n) is 8.31. The summed E-state index contributed by atoms with van der Waals surface area (Å²) < 4.78 is 4.17. The summed E-state index contributed by atoms with van der Waals surface area (Å²) in [6.45, 7) is 1.04. The normalized spacial score (nSPS) is 30.8. The van der Waals surface area contributed by atoms with Crippen molar-refractivity contribution in [2.24, 2.45) is 0 Å². The quantitative estimate of drug-likeness (QED) is 0.301. The second-order valence-corrected chi connectivity index (χ2v) is 8.47. The van der Waals surface area contributed by atoms with Crippen LogP contribution in [0, 0.1) is 0 Å². The number of para-hydroxylation sites is 1. The van der Waals surface area contributed by atoms with Gasteiger partial charge in [-0.15, -0.1) is 11.8 Å². The number of aliphatic carboxylic acids is 1. The molecule has 3 aliphatic rings. The minimum Gasteiger partial charge on any atom is -0.548 e. The number of carboxylic acids is 1. The summed E-state index contributed by atoms with van der Waals surface area (Å²) >= 11 is 1.22. The molecule has 3 saturated heterocycles. The van der Waals surface area contributed by atoms with E-state index in [1.807, 2.05) is 0 Å². The van der Waals surface area contributed by atoms with Crippen LogP contribution in [0.5, 0.6) is 0 Å². The topological polar surface area (TPSA) is 119 Å². The third-order valence-electron chi connectivity index (χ3n) is 4.96. The molecule has 1 aromatic carbocycles. The van der Waals surface area contributed by atoms with Gasteiger partial charge in [0.25, 0.3) is 0 Å². The summed E-state index contributed by atoms with van der Waals surface area (Å²) in [5.74, 6) is -2.62. The number of nitrogens with one attached hydrogen (secondary N) is 1. The Labute approximate surface area is 187 Å². The second-order valence-electron chi connectivity index (χ2n) is 6.82. The third-order valence-corrected chi connectivity index (χ3v) is 6.57. The maximum Gasteiger partial charge on any atom is 1.00 e. The summed E-state index contributed by atoms with van der Waals surface area (Å²) in [7, 11) is 0. The first kappa shape index (κ1) is 21.0. The number of β-lactam (4-membered cyclic amide) rings is 1. The minimum absolute atomic E-state index is 0. The van der Waals surface area contributed by atoms with Crippen molar-refractivity contribution in [1.29, 1.82) is 0 Å². The summed E-state index contributed by atoms with van der Waals surface area (Å²) in [6.07, 6.45) is 0. The van der Waals surface area contributed by atoms with Crippen molar-refractivity contribution in [2.75, 3.05) is 18.5 Å². The first-order valence-corrected chi connectivity index (χ1v) is 9.19. The Morgan fingerprint density at radius 3 is 2.61 bits per heavy atom. The number of nitrogens with zero attached hydrogens (tertiary/aromatic N) is 2. The van der Waals surface area contributed by atoms with Crippen LogP contribution >= 0.6 is 11.8 Å². The number of cyclic esters (lactones) is 1. The number of hydrogen-bond donors (Lipinski definition) is 1. The molecule has 3 amide bonds. The number of rotatable bonds is 2. The molecule has 0 aliphatic carbocycles. The Bertz CT molecular complexity index is 839. The van der Waals surface area contributed by atoms with Crippen molar-refractivity contribution in [3.05, 3.63) is 30.3 Å². The van der Waals surface area contributed by atoms with Crippen LogP contribution in [-0.2, 0) is 19.1 Å². The van der Waals surface area contributed by atoms with Gasteiger partial charge >= 0.3 is 41.6 Å². The van der Waals surface area contributed by atoms with E-state index in [1.165, 1.54) is 16.7 Å². The van der Waals surface area contributed by atoms with E-state index in [0.717, 1.165) is 4.90 Å². The summed E-state index contributed by atoms with van der Waals surface area (Å²) in [5.41, 5.74) is 0.510. The number of thioether (sulfide) groups is 1. The van der Waals surface area contributed by atoms with Gasteiger partial charge in [0.1, 0.15) is 24.6 Å². The van der Waals surface area contributed by atoms with Gasteiger partial charge in [-0.2, -0.15) is 0 Å². The van der Waals surface area contributed by atoms with Crippen molar-refractivity contribution in [2.45, 2.75) is 29.1 Å². The molecule has 28 heavy (non-hydrogen) atoms. The van der Waals surface area contributed by atoms with Crippen LogP contribution in [0.2, 0.25) is 0 Å². The van der Waals surface area contributed by atoms with E-state index in [0.29, 0.717) is 5.69 Å². The molecule has 0 spiro atoms. The number of fused-ring (bicyclic) bond motifs is 1. The van der Waals surface area contributed by atoms with Crippen LogP contribution in [0.25, 0.3) is 0 Å². The maximum absolute atomic E-state index is 12.7. The predicted molar refractivity (Wildman–Crippen MR) is 92.3 cm³/mol. The van der Waals surface area contributed by atoms with Gasteiger partial charge in [-0.1, -0.05) is 18.2 Å². The first-order chi connectivity index (χ1) is 12.8. The Hall–Kier alpha value is -1.75. The number of carbonyl (C=O) groups is 4. The average molecular weight is 413 g/mol. The number of urea groups is 1. The third kappa shape index (κ3) is 3.28. The zero-order chi connectivity index (χ0) is 19.3. The van der Waals surface area contributed by atoms with Crippen molar-refractivity contribution in [3.8, 4) is 0 Å². The Balaban J connectivity index is 0.00000225. The SMILES string of the molecule is C[C@@]12COC(=O)CN(C(=O)Nc3ccccc3)[C@@H]3C(=O)N(C3S1)[C@H]2C(=O)[O-].[Na+]. The minimum atomic E-state index is -1.41. The van der Waals surface area contributed by atoms with Crippen LogP contribution in [0.3, 0.4) is 0 Å². The van der Waals surface area contributed by atoms with Gasteiger partial charge in [-0.3, -0.25) is 14.5 Å². The van der Waals surface area contributed by atoms with Gasteiger partial charge in [0.15, 0.2) is 0 Å². The molecule has 11 heteroatoms. The fraction of sp³-hybridized carbons (Fsp3) is 0.412. The fourth-order valence-electron chi connectivity index (χ4n) is 3.68. The number of ether oxygens (including phenoxy) is 1. The summed E-state index contributed by atoms with van der Waals surface area (Å²) in [5, 5.41) is 13.7. The molecule has 142 valence electrons. The number of hydrogen-bond acceptors (Lipinski definition) is 7. The number of esters is 1. The van der Waals surface area contributed by atoms with Crippen LogP contribution in [0.4, 0.5) is 10.5 Å². The second kappa shape index (κ2) is 7.58. The Morgan fingerprint density at radius 2 is 1.96 bits per heavy atom. The van der Waals surface area contributed by atoms with Crippen molar-refractivity contribution >= 4 is 41.3 Å². The largest absolute Gasteiger partial charge is 1.00 e. The standard InChI is InChI=1S/C17H17N3O6S.Na/c1-17-8-26-10(21)7-19(16(25)18-9-5-3-2-4-6-9)11-13(22)20(14(11)27-17)12(17)15(23)24;/h2-6,11-12,14H,7-8H2,1H3,(H,18,25)(H,23,24);/q;+1/p-1/t11-,12+,14?,17+;/m1./s1. The van der Waals surface area contributed by atoms with Crippen LogP contribution in [-0.4, -0.2) is 69.0 Å². The summed E-state index contributed by atoms with van der Waals surface area (Å²) in [4.78, 5) is 51.6.